The molecule has 1 aliphatic heterocycles. The maximum atomic E-state index is 12.7. The molecule has 1 fully saturated rings. The van der Waals surface area contributed by atoms with E-state index in [0.29, 0.717) is 12.3 Å². The van der Waals surface area contributed by atoms with Gasteiger partial charge in [-0.2, -0.15) is 0 Å². The number of carbonyl (C=O) groups excluding carboxylic acids is 1. The van der Waals surface area contributed by atoms with Crippen molar-refractivity contribution in [3.8, 4) is 5.75 Å². The highest BCUT2D eigenvalue weighted by atomic mass is 16.5. The van der Waals surface area contributed by atoms with Crippen molar-refractivity contribution in [3.05, 3.63) is 65.7 Å². The zero-order valence-corrected chi connectivity index (χ0v) is 14.4. The van der Waals surface area contributed by atoms with Crippen molar-refractivity contribution in [1.29, 1.82) is 0 Å². The Bertz CT molecular complexity index is 683. The Balaban J connectivity index is 1.59. The number of rotatable bonds is 5. The fourth-order valence-electron chi connectivity index (χ4n) is 3.66. The number of carbonyl (C=O) groups is 1. The Kier molecular flexibility index (Phi) is 5.19. The first-order valence-corrected chi connectivity index (χ1v) is 8.66. The van der Waals surface area contributed by atoms with E-state index in [1.54, 1.807) is 7.11 Å². The van der Waals surface area contributed by atoms with Gasteiger partial charge < -0.3 is 9.64 Å². The molecule has 1 heterocycles. The van der Waals surface area contributed by atoms with E-state index >= 15 is 0 Å². The summed E-state index contributed by atoms with van der Waals surface area (Å²) in [7, 11) is 1.67. The molecule has 0 aliphatic carbocycles. The number of hydrogen-bond acceptors (Lipinski definition) is 2. The zero-order valence-electron chi connectivity index (χ0n) is 14.4. The summed E-state index contributed by atoms with van der Waals surface area (Å²) in [5.41, 5.74) is 2.49. The fraction of sp³-hybridized carbons (Fsp3) is 0.381. The quantitative estimate of drug-likeness (QED) is 0.831. The van der Waals surface area contributed by atoms with Gasteiger partial charge in [-0.3, -0.25) is 4.79 Å². The number of nitrogens with zero attached hydrogens (tertiary/aromatic N) is 1. The molecule has 1 amide bonds. The molecule has 3 heteroatoms. The topological polar surface area (TPSA) is 29.5 Å². The maximum absolute atomic E-state index is 12.7. The van der Waals surface area contributed by atoms with Gasteiger partial charge in [0.05, 0.1) is 7.11 Å². The summed E-state index contributed by atoms with van der Waals surface area (Å²) in [5, 5.41) is 0. The average Bonchev–Trinajstić information content (AvgIpc) is 3.02. The molecule has 0 aromatic heterocycles. The Hall–Kier alpha value is -2.29. The van der Waals surface area contributed by atoms with E-state index in [9.17, 15) is 4.79 Å². The van der Waals surface area contributed by atoms with Gasteiger partial charge in [-0.1, -0.05) is 42.5 Å². The Labute approximate surface area is 144 Å². The van der Waals surface area contributed by atoms with Crippen molar-refractivity contribution in [2.45, 2.75) is 38.1 Å². The number of likely N-dealkylation sites (tertiary alicyclic amines) is 1. The van der Waals surface area contributed by atoms with Gasteiger partial charge in [0.1, 0.15) is 5.75 Å². The molecule has 24 heavy (non-hydrogen) atoms. The standard InChI is InChI=1S/C21H25NO2/c1-16-20(18-8-4-3-5-9-18)13-14-22(16)21(23)12-11-17-7-6-10-19(15-17)24-2/h3-10,15-16,20H,11-14H2,1-2H3/t16-,20+/m1/s1. The van der Waals surface area contributed by atoms with Crippen LogP contribution in [0.3, 0.4) is 0 Å². The minimum absolute atomic E-state index is 0.253. The molecule has 0 saturated carbocycles. The monoisotopic (exact) mass is 323 g/mol. The summed E-state index contributed by atoms with van der Waals surface area (Å²) in [5.74, 6) is 1.55. The molecule has 1 saturated heterocycles. The van der Waals surface area contributed by atoms with Gasteiger partial charge >= 0.3 is 0 Å². The largest absolute Gasteiger partial charge is 0.497 e. The third-order valence-corrected chi connectivity index (χ3v) is 5.06. The van der Waals surface area contributed by atoms with Crippen molar-refractivity contribution >= 4 is 5.91 Å². The first kappa shape index (κ1) is 16.6. The number of methoxy groups -OCH3 is 1. The normalized spacial score (nSPS) is 20.2. The van der Waals surface area contributed by atoms with E-state index in [1.165, 1.54) is 5.56 Å². The molecule has 2 aromatic carbocycles. The van der Waals surface area contributed by atoms with Crippen LogP contribution in [-0.2, 0) is 11.2 Å². The lowest BCUT2D eigenvalue weighted by molar-refractivity contribution is -0.131. The van der Waals surface area contributed by atoms with Crippen LogP contribution in [0, 0.1) is 0 Å². The van der Waals surface area contributed by atoms with Crippen LogP contribution in [0.4, 0.5) is 0 Å². The Morgan fingerprint density at radius 1 is 1.17 bits per heavy atom. The first-order chi connectivity index (χ1) is 11.7. The summed E-state index contributed by atoms with van der Waals surface area (Å²) >= 11 is 0. The number of benzene rings is 2. The van der Waals surface area contributed by atoms with Gasteiger partial charge in [0.2, 0.25) is 5.91 Å². The third kappa shape index (κ3) is 3.61. The molecule has 3 nitrogen and oxygen atoms in total. The highest BCUT2D eigenvalue weighted by molar-refractivity contribution is 5.77. The van der Waals surface area contributed by atoms with Crippen LogP contribution in [0.25, 0.3) is 0 Å². The van der Waals surface area contributed by atoms with Crippen LogP contribution < -0.4 is 4.74 Å². The Morgan fingerprint density at radius 2 is 1.96 bits per heavy atom. The van der Waals surface area contributed by atoms with E-state index < -0.39 is 0 Å². The van der Waals surface area contributed by atoms with Gasteiger partial charge in [-0.15, -0.1) is 0 Å². The molecular formula is C21H25NO2. The van der Waals surface area contributed by atoms with Crippen LogP contribution in [0.15, 0.2) is 54.6 Å². The summed E-state index contributed by atoms with van der Waals surface area (Å²) in [6, 6.07) is 18.8. The first-order valence-electron chi connectivity index (χ1n) is 8.66. The Morgan fingerprint density at radius 3 is 2.71 bits per heavy atom. The van der Waals surface area contributed by atoms with Gasteiger partial charge in [0, 0.05) is 24.9 Å². The zero-order chi connectivity index (χ0) is 16.9. The van der Waals surface area contributed by atoms with Crippen molar-refractivity contribution in [2.24, 2.45) is 0 Å². The smallest absolute Gasteiger partial charge is 0.223 e. The molecule has 1 aliphatic rings. The average molecular weight is 323 g/mol. The number of amides is 1. The van der Waals surface area contributed by atoms with Crippen LogP contribution in [-0.4, -0.2) is 30.5 Å². The number of hydrogen-bond donors (Lipinski definition) is 0. The molecule has 3 rings (SSSR count). The fourth-order valence-corrected chi connectivity index (χ4v) is 3.66. The summed E-state index contributed by atoms with van der Waals surface area (Å²) in [6.07, 6.45) is 2.37. The lowest BCUT2D eigenvalue weighted by atomic mass is 9.93. The van der Waals surface area contributed by atoms with Crippen LogP contribution >= 0.6 is 0 Å². The van der Waals surface area contributed by atoms with Crippen molar-refractivity contribution in [3.63, 3.8) is 0 Å². The van der Waals surface area contributed by atoms with E-state index in [1.807, 2.05) is 24.3 Å². The predicted molar refractivity (Wildman–Crippen MR) is 96.3 cm³/mol. The predicted octanol–water partition coefficient (Wildman–Crippen LogP) is 4.03. The maximum Gasteiger partial charge on any atom is 0.223 e. The highest BCUT2D eigenvalue weighted by Crippen LogP contribution is 2.33. The molecule has 2 atom stereocenters. The van der Waals surface area contributed by atoms with Gasteiger partial charge in [0.25, 0.3) is 0 Å². The minimum atomic E-state index is 0.253. The summed E-state index contributed by atoms with van der Waals surface area (Å²) < 4.78 is 5.25. The van der Waals surface area contributed by atoms with Gasteiger partial charge in [-0.25, -0.2) is 0 Å². The third-order valence-electron chi connectivity index (χ3n) is 5.06. The second kappa shape index (κ2) is 7.52. The molecular weight excluding hydrogens is 298 g/mol. The summed E-state index contributed by atoms with van der Waals surface area (Å²) in [6.45, 7) is 3.03. The van der Waals surface area contributed by atoms with Gasteiger partial charge in [-0.05, 0) is 43.0 Å². The van der Waals surface area contributed by atoms with E-state index in [-0.39, 0.29) is 11.9 Å². The lowest BCUT2D eigenvalue weighted by Gasteiger charge is -2.25. The summed E-state index contributed by atoms with van der Waals surface area (Å²) in [4.78, 5) is 14.7. The second-order valence-corrected chi connectivity index (χ2v) is 6.49. The minimum Gasteiger partial charge on any atom is -0.497 e. The van der Waals surface area contributed by atoms with Gasteiger partial charge in [0.15, 0.2) is 0 Å². The van der Waals surface area contributed by atoms with Crippen molar-refractivity contribution < 1.29 is 9.53 Å². The lowest BCUT2D eigenvalue weighted by Crippen LogP contribution is -2.35. The molecule has 0 spiro atoms. The molecule has 2 aromatic rings. The highest BCUT2D eigenvalue weighted by Gasteiger charge is 2.34. The van der Waals surface area contributed by atoms with Crippen LogP contribution in [0.2, 0.25) is 0 Å². The number of ether oxygens (including phenoxy) is 1. The molecule has 0 N–H and O–H groups in total. The van der Waals surface area contributed by atoms with E-state index in [0.717, 1.165) is 30.7 Å². The van der Waals surface area contributed by atoms with Crippen LogP contribution in [0.1, 0.15) is 36.8 Å². The number of aryl methyl sites for hydroxylation is 1. The second-order valence-electron chi connectivity index (χ2n) is 6.49. The van der Waals surface area contributed by atoms with Crippen molar-refractivity contribution in [1.82, 2.24) is 4.90 Å². The SMILES string of the molecule is COc1cccc(CCC(=O)N2CC[C@H](c3ccccc3)[C@H]2C)c1. The van der Waals surface area contributed by atoms with E-state index in [2.05, 4.69) is 42.2 Å². The van der Waals surface area contributed by atoms with Crippen molar-refractivity contribution in [2.75, 3.05) is 13.7 Å². The van der Waals surface area contributed by atoms with Crippen LogP contribution in [0.5, 0.6) is 5.75 Å². The molecule has 0 radical (unpaired) electrons. The molecule has 126 valence electrons. The molecule has 0 unspecified atom stereocenters. The van der Waals surface area contributed by atoms with E-state index in [4.69, 9.17) is 4.74 Å². The molecule has 0 bridgehead atoms.